The summed E-state index contributed by atoms with van der Waals surface area (Å²) in [7, 11) is 0. The van der Waals surface area contributed by atoms with Gasteiger partial charge in [0.05, 0.1) is 0 Å². The molecule has 0 spiro atoms. The van der Waals surface area contributed by atoms with Crippen LogP contribution in [0.2, 0.25) is 0 Å². The van der Waals surface area contributed by atoms with Gasteiger partial charge in [-0.25, -0.2) is 4.79 Å². The van der Waals surface area contributed by atoms with E-state index in [0.717, 1.165) is 25.6 Å². The number of amides is 2. The Morgan fingerprint density at radius 1 is 1.40 bits per heavy atom. The van der Waals surface area contributed by atoms with E-state index in [0.29, 0.717) is 12.0 Å². The molecule has 2 aliphatic heterocycles. The number of carbonyl (C=O) groups excluding carboxylic acids is 1. The van der Waals surface area contributed by atoms with Gasteiger partial charge >= 0.3 is 6.03 Å². The summed E-state index contributed by atoms with van der Waals surface area (Å²) in [6, 6.07) is 1.36. The number of urea groups is 1. The van der Waals surface area contributed by atoms with Gasteiger partial charge in [-0.15, -0.1) is 0 Å². The first-order valence-electron chi connectivity index (χ1n) is 6.07. The van der Waals surface area contributed by atoms with Crippen molar-refractivity contribution in [2.75, 3.05) is 13.1 Å². The molecule has 2 heterocycles. The fourth-order valence-corrected chi connectivity index (χ4v) is 2.69. The lowest BCUT2D eigenvalue weighted by atomic mass is 9.89. The summed E-state index contributed by atoms with van der Waals surface area (Å²) in [5.41, 5.74) is 0. The molecule has 2 amide bonds. The lowest BCUT2D eigenvalue weighted by Crippen LogP contribution is -2.40. The highest BCUT2D eigenvalue weighted by atomic mass is 16.2. The maximum absolute atomic E-state index is 11.3. The van der Waals surface area contributed by atoms with Crippen LogP contribution < -0.4 is 16.0 Å². The number of carbonyl (C=O) groups is 1. The van der Waals surface area contributed by atoms with Gasteiger partial charge in [0.1, 0.15) is 0 Å². The molecule has 3 unspecified atom stereocenters. The zero-order chi connectivity index (χ0) is 10.7. The van der Waals surface area contributed by atoms with Crippen molar-refractivity contribution in [1.29, 1.82) is 0 Å². The number of fused-ring (bicyclic) bond motifs is 2. The molecule has 2 aliphatic rings. The number of rotatable bonds is 4. The van der Waals surface area contributed by atoms with Crippen molar-refractivity contribution >= 4 is 6.03 Å². The molecule has 2 saturated heterocycles. The van der Waals surface area contributed by atoms with E-state index in [9.17, 15) is 4.79 Å². The largest absolute Gasteiger partial charge is 0.338 e. The number of hydrogen-bond donors (Lipinski definition) is 3. The minimum atomic E-state index is -0.0142. The van der Waals surface area contributed by atoms with Gasteiger partial charge in [-0.05, 0) is 31.6 Å². The SMILES string of the molecule is CCCNC(=O)NCC1CC2CCC1N2. The molecule has 0 saturated carbocycles. The molecule has 3 atom stereocenters. The Morgan fingerprint density at radius 2 is 2.27 bits per heavy atom. The third-order valence-electron chi connectivity index (χ3n) is 3.49. The van der Waals surface area contributed by atoms with Crippen LogP contribution in [0.25, 0.3) is 0 Å². The van der Waals surface area contributed by atoms with Crippen LogP contribution in [0, 0.1) is 5.92 Å². The number of nitrogens with one attached hydrogen (secondary N) is 3. The Bertz CT molecular complexity index is 232. The molecule has 3 N–H and O–H groups in total. The molecule has 86 valence electrons. The Hall–Kier alpha value is -0.770. The summed E-state index contributed by atoms with van der Waals surface area (Å²) in [5.74, 6) is 0.649. The topological polar surface area (TPSA) is 53.2 Å². The molecule has 4 nitrogen and oxygen atoms in total. The molecule has 2 rings (SSSR count). The third kappa shape index (κ3) is 2.62. The van der Waals surface area contributed by atoms with Crippen LogP contribution >= 0.6 is 0 Å². The second-order valence-corrected chi connectivity index (χ2v) is 4.68. The van der Waals surface area contributed by atoms with Crippen molar-refractivity contribution < 1.29 is 4.79 Å². The maximum atomic E-state index is 11.3. The predicted molar refractivity (Wildman–Crippen MR) is 59.7 cm³/mol. The lowest BCUT2D eigenvalue weighted by Gasteiger charge is -2.20. The van der Waals surface area contributed by atoms with E-state index in [1.165, 1.54) is 19.3 Å². The molecule has 0 aliphatic carbocycles. The van der Waals surface area contributed by atoms with Crippen LogP contribution in [-0.2, 0) is 0 Å². The molecule has 2 fully saturated rings. The highest BCUT2D eigenvalue weighted by molar-refractivity contribution is 5.73. The summed E-state index contributed by atoms with van der Waals surface area (Å²) < 4.78 is 0. The van der Waals surface area contributed by atoms with Gasteiger partial charge in [0.2, 0.25) is 0 Å². The Balaban J connectivity index is 1.64. The highest BCUT2D eigenvalue weighted by Gasteiger charge is 2.38. The van der Waals surface area contributed by atoms with Crippen molar-refractivity contribution in [3.8, 4) is 0 Å². The summed E-state index contributed by atoms with van der Waals surface area (Å²) in [6.07, 6.45) is 4.83. The summed E-state index contributed by atoms with van der Waals surface area (Å²) >= 11 is 0. The first kappa shape index (κ1) is 10.7. The van der Waals surface area contributed by atoms with Crippen LogP contribution in [0.4, 0.5) is 4.79 Å². The van der Waals surface area contributed by atoms with Crippen molar-refractivity contribution in [1.82, 2.24) is 16.0 Å². The van der Waals surface area contributed by atoms with Gasteiger partial charge in [-0.1, -0.05) is 6.92 Å². The molecular formula is C11H21N3O. The Kier molecular flexibility index (Phi) is 3.46. The van der Waals surface area contributed by atoms with Crippen molar-refractivity contribution in [3.05, 3.63) is 0 Å². The summed E-state index contributed by atoms with van der Waals surface area (Å²) in [4.78, 5) is 11.3. The van der Waals surface area contributed by atoms with Gasteiger partial charge < -0.3 is 16.0 Å². The van der Waals surface area contributed by atoms with Gasteiger partial charge in [-0.2, -0.15) is 0 Å². The first-order chi connectivity index (χ1) is 7.29. The standard InChI is InChI=1S/C11H21N3O/c1-2-5-12-11(15)13-7-8-6-9-3-4-10(8)14-9/h8-10,14H,2-7H2,1H3,(H2,12,13,15). The Labute approximate surface area is 91.2 Å². The van der Waals surface area contributed by atoms with Gasteiger partial charge in [0.15, 0.2) is 0 Å². The lowest BCUT2D eigenvalue weighted by molar-refractivity contribution is 0.237. The molecule has 0 aromatic carbocycles. The highest BCUT2D eigenvalue weighted by Crippen LogP contribution is 2.32. The number of hydrogen-bond acceptors (Lipinski definition) is 2. The fraction of sp³-hybridized carbons (Fsp3) is 0.909. The zero-order valence-corrected chi connectivity index (χ0v) is 9.38. The van der Waals surface area contributed by atoms with E-state index >= 15 is 0 Å². The molecule has 0 radical (unpaired) electrons. The average Bonchev–Trinajstić information content (AvgIpc) is 2.84. The van der Waals surface area contributed by atoms with Crippen LogP contribution in [0.1, 0.15) is 32.6 Å². The van der Waals surface area contributed by atoms with Crippen molar-refractivity contribution in [2.24, 2.45) is 5.92 Å². The van der Waals surface area contributed by atoms with E-state index in [1.54, 1.807) is 0 Å². The summed E-state index contributed by atoms with van der Waals surface area (Å²) in [6.45, 7) is 3.64. The minimum Gasteiger partial charge on any atom is -0.338 e. The van der Waals surface area contributed by atoms with E-state index in [-0.39, 0.29) is 6.03 Å². The zero-order valence-electron chi connectivity index (χ0n) is 9.38. The molecule has 0 aromatic heterocycles. The van der Waals surface area contributed by atoms with Crippen molar-refractivity contribution in [3.63, 3.8) is 0 Å². The van der Waals surface area contributed by atoms with Crippen LogP contribution in [0.3, 0.4) is 0 Å². The molecule has 2 bridgehead atoms. The molecule has 4 heteroatoms. The van der Waals surface area contributed by atoms with Crippen molar-refractivity contribution in [2.45, 2.75) is 44.7 Å². The molecule has 0 aromatic rings. The first-order valence-corrected chi connectivity index (χ1v) is 6.07. The van der Waals surface area contributed by atoms with Crippen LogP contribution in [0.15, 0.2) is 0 Å². The van der Waals surface area contributed by atoms with E-state index in [4.69, 9.17) is 0 Å². The molecular weight excluding hydrogens is 190 g/mol. The van der Waals surface area contributed by atoms with Gasteiger partial charge in [-0.3, -0.25) is 0 Å². The Morgan fingerprint density at radius 3 is 2.87 bits per heavy atom. The third-order valence-corrected chi connectivity index (χ3v) is 3.49. The normalized spacial score (nSPS) is 33.0. The average molecular weight is 211 g/mol. The summed E-state index contributed by atoms with van der Waals surface area (Å²) in [5, 5.41) is 9.36. The van der Waals surface area contributed by atoms with E-state index in [2.05, 4.69) is 22.9 Å². The minimum absolute atomic E-state index is 0.0142. The van der Waals surface area contributed by atoms with Crippen LogP contribution in [-0.4, -0.2) is 31.2 Å². The van der Waals surface area contributed by atoms with E-state index in [1.807, 2.05) is 0 Å². The van der Waals surface area contributed by atoms with Gasteiger partial charge in [0.25, 0.3) is 0 Å². The van der Waals surface area contributed by atoms with E-state index < -0.39 is 0 Å². The van der Waals surface area contributed by atoms with Gasteiger partial charge in [0, 0.05) is 25.2 Å². The maximum Gasteiger partial charge on any atom is 0.314 e. The monoisotopic (exact) mass is 211 g/mol. The quantitative estimate of drug-likeness (QED) is 0.645. The smallest absolute Gasteiger partial charge is 0.314 e. The second kappa shape index (κ2) is 4.84. The second-order valence-electron chi connectivity index (χ2n) is 4.68. The molecule has 15 heavy (non-hydrogen) atoms. The fourth-order valence-electron chi connectivity index (χ4n) is 2.69. The van der Waals surface area contributed by atoms with Crippen LogP contribution in [0.5, 0.6) is 0 Å². The predicted octanol–water partition coefficient (Wildman–Crippen LogP) is 0.836.